The summed E-state index contributed by atoms with van der Waals surface area (Å²) in [6, 6.07) is 6.50. The number of nitrogens with one attached hydrogen (secondary N) is 2. The van der Waals surface area contributed by atoms with Crippen LogP contribution in [0.1, 0.15) is 13.8 Å². The van der Waals surface area contributed by atoms with Crippen LogP contribution < -0.4 is 16.2 Å². The number of fused-ring (bicyclic) bond motifs is 1. The molecule has 0 bridgehead atoms. The van der Waals surface area contributed by atoms with Crippen LogP contribution in [0.15, 0.2) is 34.2 Å². The predicted octanol–water partition coefficient (Wildman–Crippen LogP) is 1.26. The van der Waals surface area contributed by atoms with Crippen LogP contribution in [0.25, 0.3) is 10.9 Å². The number of urea groups is 1. The Balaban J connectivity index is 2.21. The highest BCUT2D eigenvalue weighted by molar-refractivity contribution is 8.00. The molecule has 0 aliphatic heterocycles. The molecule has 0 spiro atoms. The molecule has 1 aromatic heterocycles. The zero-order chi connectivity index (χ0) is 17.0. The van der Waals surface area contributed by atoms with Gasteiger partial charge in [0.15, 0.2) is 5.16 Å². The summed E-state index contributed by atoms with van der Waals surface area (Å²) in [7, 11) is 1.61. The summed E-state index contributed by atoms with van der Waals surface area (Å²) in [5.74, 6) is -0.441. The Hall–Kier alpha value is -2.35. The maximum Gasteiger partial charge on any atom is 0.321 e. The van der Waals surface area contributed by atoms with Gasteiger partial charge in [-0.2, -0.15) is 0 Å². The quantitative estimate of drug-likeness (QED) is 0.648. The maximum atomic E-state index is 12.3. The minimum Gasteiger partial charge on any atom is -0.338 e. The number of amides is 3. The third-order valence-corrected chi connectivity index (χ3v) is 4.31. The van der Waals surface area contributed by atoms with E-state index in [9.17, 15) is 14.4 Å². The van der Waals surface area contributed by atoms with Crippen molar-refractivity contribution in [1.29, 1.82) is 0 Å². The molecular formula is C15H18N4O3S. The van der Waals surface area contributed by atoms with Gasteiger partial charge in [-0.15, -0.1) is 0 Å². The molecule has 1 heterocycles. The third kappa shape index (κ3) is 3.89. The number of para-hydroxylation sites is 1. The number of carbonyl (C=O) groups excluding carboxylic acids is 2. The van der Waals surface area contributed by atoms with Crippen LogP contribution in [0.3, 0.4) is 0 Å². The molecular weight excluding hydrogens is 316 g/mol. The van der Waals surface area contributed by atoms with Crippen LogP contribution in [0, 0.1) is 0 Å². The van der Waals surface area contributed by atoms with Gasteiger partial charge >= 0.3 is 6.03 Å². The van der Waals surface area contributed by atoms with Gasteiger partial charge in [0.2, 0.25) is 5.91 Å². The van der Waals surface area contributed by atoms with Crippen molar-refractivity contribution in [2.45, 2.75) is 24.3 Å². The van der Waals surface area contributed by atoms with E-state index in [1.165, 1.54) is 4.57 Å². The molecule has 0 radical (unpaired) electrons. The Morgan fingerprint density at radius 1 is 1.35 bits per heavy atom. The van der Waals surface area contributed by atoms with Crippen LogP contribution in [-0.2, 0) is 11.8 Å². The monoisotopic (exact) mass is 334 g/mol. The Morgan fingerprint density at radius 2 is 2.04 bits per heavy atom. The average molecular weight is 334 g/mol. The van der Waals surface area contributed by atoms with Gasteiger partial charge in [0.25, 0.3) is 5.56 Å². The number of carbonyl (C=O) groups is 2. The first-order chi connectivity index (χ1) is 10.9. The summed E-state index contributed by atoms with van der Waals surface area (Å²) in [6.07, 6.45) is 0. The van der Waals surface area contributed by atoms with E-state index in [-0.39, 0.29) is 5.56 Å². The number of hydrogen-bond acceptors (Lipinski definition) is 5. The lowest BCUT2D eigenvalue weighted by Gasteiger charge is -2.13. The molecule has 0 saturated carbocycles. The molecule has 0 saturated heterocycles. The van der Waals surface area contributed by atoms with Crippen molar-refractivity contribution >= 4 is 34.6 Å². The van der Waals surface area contributed by atoms with Gasteiger partial charge in [0, 0.05) is 13.6 Å². The Kier molecular flexibility index (Phi) is 5.38. The largest absolute Gasteiger partial charge is 0.338 e. The van der Waals surface area contributed by atoms with Gasteiger partial charge < -0.3 is 5.32 Å². The maximum absolute atomic E-state index is 12.3. The lowest BCUT2D eigenvalue weighted by Crippen LogP contribution is -2.42. The van der Waals surface area contributed by atoms with Crippen molar-refractivity contribution in [3.63, 3.8) is 0 Å². The topological polar surface area (TPSA) is 93.1 Å². The number of nitrogens with zero attached hydrogens (tertiary/aromatic N) is 2. The fraction of sp³-hybridized carbons (Fsp3) is 0.333. The summed E-state index contributed by atoms with van der Waals surface area (Å²) in [5.41, 5.74) is 0.406. The van der Waals surface area contributed by atoms with E-state index in [1.54, 1.807) is 45.2 Å². The molecule has 122 valence electrons. The van der Waals surface area contributed by atoms with Crippen molar-refractivity contribution in [2.75, 3.05) is 6.54 Å². The SMILES string of the molecule is CCNC(=O)NC(=O)[C@@H](C)Sc1nc2ccccc2c(=O)n1C. The molecule has 0 unspecified atom stereocenters. The molecule has 8 heteroatoms. The van der Waals surface area contributed by atoms with Crippen LogP contribution in [0.5, 0.6) is 0 Å². The summed E-state index contributed by atoms with van der Waals surface area (Å²) in [6.45, 7) is 3.85. The lowest BCUT2D eigenvalue weighted by molar-refractivity contribution is -0.119. The molecule has 1 aromatic carbocycles. The Bertz CT molecular complexity index is 803. The summed E-state index contributed by atoms with van der Waals surface area (Å²) in [4.78, 5) is 40.1. The van der Waals surface area contributed by atoms with Crippen molar-refractivity contribution in [2.24, 2.45) is 7.05 Å². The molecule has 2 aromatic rings. The molecule has 7 nitrogen and oxygen atoms in total. The van der Waals surface area contributed by atoms with E-state index < -0.39 is 17.2 Å². The molecule has 0 fully saturated rings. The van der Waals surface area contributed by atoms with Crippen LogP contribution in [-0.4, -0.2) is 33.3 Å². The highest BCUT2D eigenvalue weighted by atomic mass is 32.2. The molecule has 2 rings (SSSR count). The average Bonchev–Trinajstić information content (AvgIpc) is 2.52. The fourth-order valence-electron chi connectivity index (χ4n) is 1.93. The first-order valence-corrected chi connectivity index (χ1v) is 8.03. The Morgan fingerprint density at radius 3 is 2.74 bits per heavy atom. The summed E-state index contributed by atoms with van der Waals surface area (Å²) in [5, 5.41) is 5.11. The second-order valence-corrected chi connectivity index (χ2v) is 6.19. The predicted molar refractivity (Wildman–Crippen MR) is 89.5 cm³/mol. The van der Waals surface area contributed by atoms with Crippen molar-refractivity contribution in [3.8, 4) is 0 Å². The van der Waals surface area contributed by atoms with Crippen LogP contribution >= 0.6 is 11.8 Å². The van der Waals surface area contributed by atoms with Gasteiger partial charge in [-0.1, -0.05) is 23.9 Å². The van der Waals surface area contributed by atoms with E-state index in [1.807, 2.05) is 0 Å². The van der Waals surface area contributed by atoms with Crippen molar-refractivity contribution in [1.82, 2.24) is 20.2 Å². The molecule has 3 amide bonds. The number of thioether (sulfide) groups is 1. The van der Waals surface area contributed by atoms with Crippen molar-refractivity contribution in [3.05, 3.63) is 34.6 Å². The molecule has 1 atom stereocenters. The van der Waals surface area contributed by atoms with Gasteiger partial charge in [0.1, 0.15) is 0 Å². The van der Waals surface area contributed by atoms with Crippen LogP contribution in [0.4, 0.5) is 4.79 Å². The van der Waals surface area contributed by atoms with Gasteiger partial charge in [-0.05, 0) is 26.0 Å². The molecule has 0 aliphatic carbocycles. The van der Waals surface area contributed by atoms with Gasteiger partial charge in [0.05, 0.1) is 16.2 Å². The smallest absolute Gasteiger partial charge is 0.321 e. The third-order valence-electron chi connectivity index (χ3n) is 3.17. The highest BCUT2D eigenvalue weighted by Crippen LogP contribution is 2.21. The van der Waals surface area contributed by atoms with E-state index in [4.69, 9.17) is 0 Å². The second kappa shape index (κ2) is 7.28. The van der Waals surface area contributed by atoms with Crippen molar-refractivity contribution < 1.29 is 9.59 Å². The van der Waals surface area contributed by atoms with E-state index in [2.05, 4.69) is 15.6 Å². The number of rotatable bonds is 4. The van der Waals surface area contributed by atoms with Gasteiger partial charge in [-0.25, -0.2) is 9.78 Å². The first-order valence-electron chi connectivity index (χ1n) is 7.15. The standard InChI is InChI=1S/C15H18N4O3S/c1-4-16-14(22)18-12(20)9(2)23-15-17-11-8-6-5-7-10(11)13(21)19(15)3/h5-9H,4H2,1-3H3,(H2,16,18,20,22)/t9-/m1/s1. The van der Waals surface area contributed by atoms with E-state index in [0.717, 1.165) is 11.8 Å². The fourth-order valence-corrected chi connectivity index (χ4v) is 2.81. The first kappa shape index (κ1) is 17.0. The van der Waals surface area contributed by atoms with Crippen LogP contribution in [0.2, 0.25) is 0 Å². The minimum atomic E-state index is -0.572. The second-order valence-electron chi connectivity index (χ2n) is 4.88. The number of benzene rings is 1. The summed E-state index contributed by atoms with van der Waals surface area (Å²) >= 11 is 1.13. The zero-order valence-corrected chi connectivity index (χ0v) is 13.9. The molecule has 0 aliphatic rings. The number of aromatic nitrogens is 2. The van der Waals surface area contributed by atoms with Gasteiger partial charge in [-0.3, -0.25) is 19.5 Å². The lowest BCUT2D eigenvalue weighted by atomic mass is 10.2. The molecule has 2 N–H and O–H groups in total. The number of hydrogen-bond donors (Lipinski definition) is 2. The number of imide groups is 1. The Labute approximate surface area is 137 Å². The minimum absolute atomic E-state index is 0.172. The zero-order valence-electron chi connectivity index (χ0n) is 13.1. The van der Waals surface area contributed by atoms with E-state index in [0.29, 0.717) is 22.6 Å². The summed E-state index contributed by atoms with van der Waals surface area (Å²) < 4.78 is 1.41. The highest BCUT2D eigenvalue weighted by Gasteiger charge is 2.19. The molecule has 23 heavy (non-hydrogen) atoms. The van der Waals surface area contributed by atoms with E-state index >= 15 is 0 Å². The normalized spacial score (nSPS) is 12.0.